The topological polar surface area (TPSA) is 242 Å². The molecule has 48 heavy (non-hydrogen) atoms. The first-order valence-corrected chi connectivity index (χ1v) is 16.4. The second-order valence-electron chi connectivity index (χ2n) is 11.2. The molecule has 0 aromatic carbocycles. The lowest BCUT2D eigenvalue weighted by Gasteiger charge is -2.19. The van der Waals surface area contributed by atoms with Gasteiger partial charge in [0.15, 0.2) is 0 Å². The van der Waals surface area contributed by atoms with Gasteiger partial charge in [-0.25, -0.2) is 4.79 Å². The minimum absolute atomic E-state index is 0.0533. The summed E-state index contributed by atoms with van der Waals surface area (Å²) in [7, 11) is 0. The molecule has 8 N–H and O–H groups in total. The first-order valence-electron chi connectivity index (χ1n) is 16.4. The Balaban J connectivity index is 4.27. The predicted molar refractivity (Wildman–Crippen MR) is 175 cm³/mol. The molecule has 0 radical (unpaired) electrons. The minimum atomic E-state index is -0.767. The van der Waals surface area contributed by atoms with Gasteiger partial charge in [-0.15, -0.1) is 0 Å². The summed E-state index contributed by atoms with van der Waals surface area (Å²) in [6.45, 7) is 9.74. The van der Waals surface area contributed by atoms with Crippen molar-refractivity contribution >= 4 is 23.8 Å². The van der Waals surface area contributed by atoms with Crippen molar-refractivity contribution in [2.45, 2.75) is 58.1 Å². The van der Waals surface area contributed by atoms with Gasteiger partial charge in [0.05, 0.1) is 72.7 Å². The van der Waals surface area contributed by atoms with E-state index in [1.54, 1.807) is 20.8 Å². The van der Waals surface area contributed by atoms with Gasteiger partial charge >= 0.3 is 6.09 Å². The van der Waals surface area contributed by atoms with Crippen molar-refractivity contribution in [3.63, 3.8) is 0 Å². The van der Waals surface area contributed by atoms with Crippen molar-refractivity contribution in [2.24, 2.45) is 11.5 Å². The molecule has 282 valence electrons. The number of carbonyl (C=O) groups excluding carboxylic acids is 4. The first kappa shape index (κ1) is 45.3. The molecule has 0 aliphatic carbocycles. The van der Waals surface area contributed by atoms with Crippen LogP contribution in [-0.2, 0) is 52.4 Å². The second-order valence-corrected chi connectivity index (χ2v) is 11.2. The summed E-state index contributed by atoms with van der Waals surface area (Å²) >= 11 is 0. The zero-order chi connectivity index (χ0) is 35.7. The van der Waals surface area contributed by atoms with Crippen molar-refractivity contribution < 1.29 is 57.2 Å². The average Bonchev–Trinajstić information content (AvgIpc) is 3.03. The Morgan fingerprint density at radius 2 is 1.15 bits per heavy atom. The number of amides is 4. The summed E-state index contributed by atoms with van der Waals surface area (Å²) in [4.78, 5) is 53.6. The zero-order valence-electron chi connectivity index (χ0n) is 29.0. The van der Waals surface area contributed by atoms with Crippen molar-refractivity contribution in [3.05, 3.63) is 0 Å². The summed E-state index contributed by atoms with van der Waals surface area (Å²) in [5.74, 6) is -0.986. The molecule has 0 aliphatic rings. The molecule has 4 amide bonds. The van der Waals surface area contributed by atoms with Crippen LogP contribution in [0.5, 0.6) is 0 Å². The number of nitrogens with one attached hydrogen (secondary N) is 4. The molecule has 0 aliphatic heterocycles. The van der Waals surface area contributed by atoms with E-state index < -0.39 is 23.6 Å². The molecule has 0 heterocycles. The molecule has 0 saturated carbocycles. The normalized spacial score (nSPS) is 11.9. The Bertz CT molecular complexity index is 835. The molecule has 18 heteroatoms. The third-order valence-electron chi connectivity index (χ3n) is 5.68. The van der Waals surface area contributed by atoms with Gasteiger partial charge in [0.2, 0.25) is 17.7 Å². The van der Waals surface area contributed by atoms with Crippen molar-refractivity contribution in [2.75, 3.05) is 112 Å². The van der Waals surface area contributed by atoms with E-state index in [2.05, 4.69) is 21.4 Å². The number of unbranched alkanes of at least 4 members (excludes halogenated alkanes) is 2. The van der Waals surface area contributed by atoms with Crippen LogP contribution in [0.4, 0.5) is 4.79 Å². The lowest BCUT2D eigenvalue weighted by molar-refractivity contribution is -0.132. The van der Waals surface area contributed by atoms with Crippen molar-refractivity contribution in [3.8, 4) is 0 Å². The fraction of sp³-hybridized carbons (Fsp3) is 0.867. The van der Waals surface area contributed by atoms with Crippen LogP contribution in [0, 0.1) is 0 Å². The lowest BCUT2D eigenvalue weighted by Crippen LogP contribution is -2.48. The number of nitrogens with two attached hydrogens (primary N) is 2. The molecule has 0 fully saturated rings. The zero-order valence-corrected chi connectivity index (χ0v) is 29.0. The molecule has 0 bridgehead atoms. The Hall–Kier alpha value is -2.68. The van der Waals surface area contributed by atoms with Gasteiger partial charge in [0.25, 0.3) is 0 Å². The molecule has 1 atom stereocenters. The number of hydrogen-bond acceptors (Lipinski definition) is 14. The number of carbonyl (C=O) groups is 4. The summed E-state index contributed by atoms with van der Waals surface area (Å²) in [5.41, 5.74) is 12.2. The molecular formula is C30H60N6O12. The third-order valence-corrected chi connectivity index (χ3v) is 5.68. The van der Waals surface area contributed by atoms with Crippen molar-refractivity contribution in [1.82, 2.24) is 21.4 Å². The number of hydroxylamine groups is 1. The smallest absolute Gasteiger partial charge is 0.431 e. The molecule has 0 rings (SSSR count). The molecule has 0 unspecified atom stereocenters. The van der Waals surface area contributed by atoms with E-state index in [1.165, 1.54) is 0 Å². The van der Waals surface area contributed by atoms with E-state index in [1.807, 2.05) is 0 Å². The van der Waals surface area contributed by atoms with Gasteiger partial charge in [0.1, 0.15) is 24.9 Å². The highest BCUT2D eigenvalue weighted by atomic mass is 16.7. The summed E-state index contributed by atoms with van der Waals surface area (Å²) in [6, 6.07) is -0.767. The molecule has 0 aromatic heterocycles. The van der Waals surface area contributed by atoms with E-state index in [9.17, 15) is 19.2 Å². The van der Waals surface area contributed by atoms with Crippen LogP contribution in [0.15, 0.2) is 0 Å². The highest BCUT2D eigenvalue weighted by molar-refractivity contribution is 5.88. The van der Waals surface area contributed by atoms with Crippen molar-refractivity contribution in [1.29, 1.82) is 0 Å². The molecule has 0 spiro atoms. The van der Waals surface area contributed by atoms with Gasteiger partial charge in [-0.3, -0.25) is 19.2 Å². The second kappa shape index (κ2) is 31.6. The highest BCUT2D eigenvalue weighted by Crippen LogP contribution is 2.06. The number of hydrogen-bond donors (Lipinski definition) is 6. The molecular weight excluding hydrogens is 636 g/mol. The average molecular weight is 697 g/mol. The predicted octanol–water partition coefficient (Wildman–Crippen LogP) is -1.26. The summed E-state index contributed by atoms with van der Waals surface area (Å²) in [6.07, 6.45) is 1.78. The Kier molecular flexibility index (Phi) is 29.8. The van der Waals surface area contributed by atoms with Gasteiger partial charge in [-0.1, -0.05) is 12.8 Å². The monoisotopic (exact) mass is 696 g/mol. The summed E-state index contributed by atoms with van der Waals surface area (Å²) in [5, 5.41) is 8.29. The van der Waals surface area contributed by atoms with Crippen LogP contribution in [0.3, 0.4) is 0 Å². The van der Waals surface area contributed by atoms with Crippen LogP contribution >= 0.6 is 0 Å². The maximum Gasteiger partial charge on any atom is 0.431 e. The van der Waals surface area contributed by atoms with E-state index in [0.29, 0.717) is 71.9 Å². The SMILES string of the molecule is CC(C)(C)OC(=O)NOCCOCCOCCNC(=O)[C@H](CCCCCNC(=O)COCCOCCN)NC(=O)COCCOCCN. The standard InChI is InChI=1S/C30H60N6O12/c1-30(2,3)48-29(40)36-47-22-21-44-16-15-43-14-11-34-28(39)25(35-27(38)24-46-20-18-42-13-9-32)7-5-4-6-10-33-26(37)23-45-19-17-41-12-8-31/h25H,4-24,31-32H2,1-3H3,(H,33,37)(H,34,39)(H,35,38)(H,36,40)/t25-/m0/s1. The maximum absolute atomic E-state index is 12.9. The highest BCUT2D eigenvalue weighted by Gasteiger charge is 2.20. The lowest BCUT2D eigenvalue weighted by atomic mass is 10.1. The quantitative estimate of drug-likeness (QED) is 0.0355. The summed E-state index contributed by atoms with van der Waals surface area (Å²) < 4.78 is 36.8. The first-order chi connectivity index (χ1) is 23.1. The van der Waals surface area contributed by atoms with Crippen LogP contribution in [0.1, 0.15) is 46.5 Å². The minimum Gasteiger partial charge on any atom is -0.442 e. The van der Waals surface area contributed by atoms with Crippen LogP contribution < -0.4 is 32.9 Å². The van der Waals surface area contributed by atoms with E-state index in [4.69, 9.17) is 49.5 Å². The van der Waals surface area contributed by atoms with E-state index in [0.717, 1.165) is 6.42 Å². The third kappa shape index (κ3) is 31.9. The van der Waals surface area contributed by atoms with Gasteiger partial charge < -0.3 is 60.6 Å². The number of rotatable bonds is 32. The Morgan fingerprint density at radius 1 is 0.604 bits per heavy atom. The number of ether oxygens (including phenoxy) is 7. The van der Waals surface area contributed by atoms with Gasteiger partial charge in [0, 0.05) is 26.2 Å². The largest absolute Gasteiger partial charge is 0.442 e. The van der Waals surface area contributed by atoms with Crippen LogP contribution in [-0.4, -0.2) is 148 Å². The molecule has 0 saturated heterocycles. The molecule has 18 nitrogen and oxygen atoms in total. The van der Waals surface area contributed by atoms with E-state index in [-0.39, 0.29) is 71.2 Å². The molecule has 0 aromatic rings. The van der Waals surface area contributed by atoms with E-state index >= 15 is 0 Å². The fourth-order valence-corrected chi connectivity index (χ4v) is 3.57. The van der Waals surface area contributed by atoms with Gasteiger partial charge in [-0.05, 0) is 33.6 Å². The van der Waals surface area contributed by atoms with Crippen LogP contribution in [0.25, 0.3) is 0 Å². The van der Waals surface area contributed by atoms with Crippen LogP contribution in [0.2, 0.25) is 0 Å². The Labute approximate surface area is 284 Å². The van der Waals surface area contributed by atoms with Gasteiger partial charge in [-0.2, -0.15) is 5.48 Å². The Morgan fingerprint density at radius 3 is 1.75 bits per heavy atom. The maximum atomic E-state index is 12.9. The fourth-order valence-electron chi connectivity index (χ4n) is 3.57.